The molecule has 68 valence electrons. The second-order valence-corrected chi connectivity index (χ2v) is 4.64. The molecule has 0 aromatic rings. The van der Waals surface area contributed by atoms with Crippen molar-refractivity contribution in [2.45, 2.75) is 46.2 Å². The summed E-state index contributed by atoms with van der Waals surface area (Å²) in [4.78, 5) is 0. The van der Waals surface area contributed by atoms with Crippen LogP contribution in [0.2, 0.25) is 0 Å². The van der Waals surface area contributed by atoms with Gasteiger partial charge in [-0.15, -0.1) is 6.42 Å². The van der Waals surface area contributed by atoms with Crippen LogP contribution in [0.3, 0.4) is 0 Å². The summed E-state index contributed by atoms with van der Waals surface area (Å²) in [7, 11) is 0. The second kappa shape index (κ2) is 3.11. The van der Waals surface area contributed by atoms with Crippen LogP contribution in [0.5, 0.6) is 0 Å². The smallest absolute Gasteiger partial charge is 0.0660 e. The van der Waals surface area contributed by atoms with Crippen molar-refractivity contribution < 1.29 is 0 Å². The maximum atomic E-state index is 5.30. The standard InChI is InChI=1S/C11H19N/c1-6-8(2)12-9(3)10-7-11(10,4)5/h1,8-10,12H,7H2,2-5H3. The van der Waals surface area contributed by atoms with Crippen molar-refractivity contribution in [2.24, 2.45) is 11.3 Å². The highest BCUT2D eigenvalue weighted by Crippen LogP contribution is 2.53. The lowest BCUT2D eigenvalue weighted by Crippen LogP contribution is -2.35. The Bertz CT molecular complexity index is 200. The van der Waals surface area contributed by atoms with Crippen molar-refractivity contribution in [2.75, 3.05) is 0 Å². The summed E-state index contributed by atoms with van der Waals surface area (Å²) in [5, 5.41) is 3.41. The van der Waals surface area contributed by atoms with Gasteiger partial charge in [-0.2, -0.15) is 0 Å². The first-order valence-corrected chi connectivity index (χ1v) is 4.69. The number of hydrogen-bond acceptors (Lipinski definition) is 1. The molecule has 0 bridgehead atoms. The van der Waals surface area contributed by atoms with Gasteiger partial charge in [-0.05, 0) is 31.6 Å². The van der Waals surface area contributed by atoms with E-state index in [1.807, 2.05) is 6.92 Å². The van der Waals surface area contributed by atoms with Gasteiger partial charge in [0.05, 0.1) is 6.04 Å². The molecule has 3 unspecified atom stereocenters. The van der Waals surface area contributed by atoms with Gasteiger partial charge in [-0.25, -0.2) is 0 Å². The third-order valence-electron chi connectivity index (χ3n) is 2.96. The Morgan fingerprint density at radius 3 is 2.33 bits per heavy atom. The maximum Gasteiger partial charge on any atom is 0.0660 e. The Balaban J connectivity index is 2.32. The number of terminal acetylenes is 1. The molecule has 0 aliphatic heterocycles. The zero-order valence-corrected chi connectivity index (χ0v) is 8.52. The fraction of sp³-hybridized carbons (Fsp3) is 0.818. The molecule has 0 aromatic carbocycles. The van der Waals surface area contributed by atoms with Crippen molar-refractivity contribution in [3.63, 3.8) is 0 Å². The fourth-order valence-corrected chi connectivity index (χ4v) is 1.92. The minimum atomic E-state index is 0.205. The Morgan fingerprint density at radius 2 is 2.00 bits per heavy atom. The van der Waals surface area contributed by atoms with Crippen LogP contribution < -0.4 is 5.32 Å². The van der Waals surface area contributed by atoms with Crippen LogP contribution in [0.15, 0.2) is 0 Å². The van der Waals surface area contributed by atoms with E-state index in [0.717, 1.165) is 5.92 Å². The molecule has 0 spiro atoms. The van der Waals surface area contributed by atoms with Crippen molar-refractivity contribution in [3.05, 3.63) is 0 Å². The second-order valence-electron chi connectivity index (χ2n) is 4.64. The molecule has 1 fully saturated rings. The Kier molecular flexibility index (Phi) is 2.49. The molecule has 1 aliphatic carbocycles. The Labute approximate surface area is 75.9 Å². The number of rotatable bonds is 3. The Morgan fingerprint density at radius 1 is 1.50 bits per heavy atom. The van der Waals surface area contributed by atoms with Crippen LogP contribution in [-0.4, -0.2) is 12.1 Å². The van der Waals surface area contributed by atoms with Gasteiger partial charge >= 0.3 is 0 Å². The van der Waals surface area contributed by atoms with Crippen molar-refractivity contribution >= 4 is 0 Å². The third-order valence-corrected chi connectivity index (χ3v) is 2.96. The van der Waals surface area contributed by atoms with E-state index in [4.69, 9.17) is 6.42 Å². The first-order chi connectivity index (χ1) is 5.47. The van der Waals surface area contributed by atoms with Gasteiger partial charge in [0.15, 0.2) is 0 Å². The SMILES string of the molecule is C#CC(C)NC(C)C1CC1(C)C. The normalized spacial score (nSPS) is 30.4. The first-order valence-electron chi connectivity index (χ1n) is 4.69. The van der Waals surface area contributed by atoms with E-state index >= 15 is 0 Å². The average molecular weight is 165 g/mol. The summed E-state index contributed by atoms with van der Waals surface area (Å²) >= 11 is 0. The van der Waals surface area contributed by atoms with Gasteiger partial charge in [0, 0.05) is 6.04 Å². The van der Waals surface area contributed by atoms with E-state index in [-0.39, 0.29) is 6.04 Å². The van der Waals surface area contributed by atoms with Crippen LogP contribution in [0.25, 0.3) is 0 Å². The molecule has 1 N–H and O–H groups in total. The lowest BCUT2D eigenvalue weighted by Gasteiger charge is -2.17. The van der Waals surface area contributed by atoms with Gasteiger partial charge in [-0.1, -0.05) is 19.8 Å². The van der Waals surface area contributed by atoms with E-state index in [1.165, 1.54) is 6.42 Å². The van der Waals surface area contributed by atoms with Crippen LogP contribution in [0, 0.1) is 23.7 Å². The summed E-state index contributed by atoms with van der Waals surface area (Å²) < 4.78 is 0. The van der Waals surface area contributed by atoms with Gasteiger partial charge < -0.3 is 5.32 Å². The van der Waals surface area contributed by atoms with Crippen molar-refractivity contribution in [1.29, 1.82) is 0 Å². The lowest BCUT2D eigenvalue weighted by atomic mass is 10.0. The third kappa shape index (κ3) is 2.01. The molecule has 0 heterocycles. The van der Waals surface area contributed by atoms with Gasteiger partial charge in [0.25, 0.3) is 0 Å². The highest BCUT2D eigenvalue weighted by molar-refractivity contribution is 5.04. The molecule has 0 aromatic heterocycles. The van der Waals surface area contributed by atoms with E-state index < -0.39 is 0 Å². The number of hydrogen-bond donors (Lipinski definition) is 1. The highest BCUT2D eigenvalue weighted by Gasteiger charge is 2.48. The molecule has 0 radical (unpaired) electrons. The summed E-state index contributed by atoms with van der Waals surface area (Å²) in [5.41, 5.74) is 0.542. The minimum Gasteiger partial charge on any atom is -0.301 e. The van der Waals surface area contributed by atoms with Crippen molar-refractivity contribution in [3.8, 4) is 12.3 Å². The summed E-state index contributed by atoms with van der Waals surface area (Å²) in [5.74, 6) is 3.51. The molecule has 1 heteroatoms. The van der Waals surface area contributed by atoms with Crippen LogP contribution in [0.1, 0.15) is 34.1 Å². The number of nitrogens with one attached hydrogen (secondary N) is 1. The van der Waals surface area contributed by atoms with Crippen molar-refractivity contribution in [1.82, 2.24) is 5.32 Å². The predicted molar refractivity (Wildman–Crippen MR) is 52.8 cm³/mol. The lowest BCUT2D eigenvalue weighted by molar-refractivity contribution is 0.417. The summed E-state index contributed by atoms with van der Waals surface area (Å²) in [6, 6.07) is 0.766. The maximum absolute atomic E-state index is 5.30. The van der Waals surface area contributed by atoms with Gasteiger partial charge in [0.1, 0.15) is 0 Å². The minimum absolute atomic E-state index is 0.205. The predicted octanol–water partition coefficient (Wildman–Crippen LogP) is 2.03. The largest absolute Gasteiger partial charge is 0.301 e. The van der Waals surface area contributed by atoms with Gasteiger partial charge in [0.2, 0.25) is 0 Å². The monoisotopic (exact) mass is 165 g/mol. The van der Waals surface area contributed by atoms with E-state index in [2.05, 4.69) is 32.0 Å². The summed E-state index contributed by atoms with van der Waals surface area (Å²) in [6.45, 7) is 8.89. The molecule has 1 nitrogen and oxygen atoms in total. The quantitative estimate of drug-likeness (QED) is 0.631. The van der Waals surface area contributed by atoms with E-state index in [1.54, 1.807) is 0 Å². The fourth-order valence-electron chi connectivity index (χ4n) is 1.92. The summed E-state index contributed by atoms with van der Waals surface area (Å²) in [6.07, 6.45) is 6.63. The van der Waals surface area contributed by atoms with E-state index in [9.17, 15) is 0 Å². The van der Waals surface area contributed by atoms with E-state index in [0.29, 0.717) is 11.5 Å². The Hall–Kier alpha value is -0.480. The zero-order valence-electron chi connectivity index (χ0n) is 8.52. The molecule has 12 heavy (non-hydrogen) atoms. The topological polar surface area (TPSA) is 12.0 Å². The van der Waals surface area contributed by atoms with Crippen LogP contribution in [0.4, 0.5) is 0 Å². The molecule has 0 amide bonds. The molecule has 0 saturated heterocycles. The molecule has 3 atom stereocenters. The molecular weight excluding hydrogens is 146 g/mol. The molecule has 1 rings (SSSR count). The molecular formula is C11H19N. The van der Waals surface area contributed by atoms with Gasteiger partial charge in [-0.3, -0.25) is 0 Å². The molecule has 1 aliphatic rings. The highest BCUT2D eigenvalue weighted by atomic mass is 15.0. The zero-order chi connectivity index (χ0) is 9.35. The van der Waals surface area contributed by atoms with Crippen LogP contribution >= 0.6 is 0 Å². The van der Waals surface area contributed by atoms with Crippen LogP contribution in [-0.2, 0) is 0 Å². The average Bonchev–Trinajstić information content (AvgIpc) is 2.59. The first kappa shape index (κ1) is 9.61. The molecule has 1 saturated carbocycles.